The zero-order valence-corrected chi connectivity index (χ0v) is 12.4. The van der Waals surface area contributed by atoms with Crippen LogP contribution in [0.4, 0.5) is 0 Å². The number of benzene rings is 2. The number of amides is 1. The fourth-order valence-corrected chi connectivity index (χ4v) is 3.06. The summed E-state index contributed by atoms with van der Waals surface area (Å²) in [5.74, 6) is 0.105. The second kappa shape index (κ2) is 5.70. The number of ether oxygens (including phenoxy) is 1. The lowest BCUT2D eigenvalue weighted by atomic mass is 10.0. The Bertz CT molecular complexity index is 620. The van der Waals surface area contributed by atoms with Gasteiger partial charge in [0, 0.05) is 14.2 Å². The van der Waals surface area contributed by atoms with Crippen LogP contribution in [0.5, 0.6) is 0 Å². The van der Waals surface area contributed by atoms with Crippen LogP contribution in [0.3, 0.4) is 0 Å². The van der Waals surface area contributed by atoms with Crippen LogP contribution in [0.1, 0.15) is 23.6 Å². The van der Waals surface area contributed by atoms with E-state index < -0.39 is 0 Å². The lowest BCUT2D eigenvalue weighted by molar-refractivity contribution is -0.132. The summed E-state index contributed by atoms with van der Waals surface area (Å²) in [5, 5.41) is 0. The molecule has 3 rings (SSSR count). The van der Waals surface area contributed by atoms with Gasteiger partial charge in [0.1, 0.15) is 0 Å². The summed E-state index contributed by atoms with van der Waals surface area (Å²) >= 11 is 0. The fourth-order valence-electron chi connectivity index (χ4n) is 3.06. The molecule has 0 saturated carbocycles. The number of hydrogen-bond acceptors (Lipinski definition) is 2. The minimum absolute atomic E-state index is 0.00163. The van der Waals surface area contributed by atoms with Gasteiger partial charge >= 0.3 is 0 Å². The van der Waals surface area contributed by atoms with E-state index in [9.17, 15) is 4.79 Å². The number of carbonyl (C=O) groups is 1. The first-order chi connectivity index (χ1) is 10.2. The SMILES string of the molecule is COCCC(=O)N(C)C1c2ccccc2-c2ccccc21. The number of nitrogens with zero attached hydrogens (tertiary/aromatic N) is 1. The molecule has 0 fully saturated rings. The fraction of sp³-hybridized carbons (Fsp3) is 0.278. The van der Waals surface area contributed by atoms with Crippen molar-refractivity contribution >= 4 is 5.91 Å². The zero-order chi connectivity index (χ0) is 14.8. The van der Waals surface area contributed by atoms with Gasteiger partial charge in [-0.25, -0.2) is 0 Å². The van der Waals surface area contributed by atoms with Gasteiger partial charge in [-0.2, -0.15) is 0 Å². The van der Waals surface area contributed by atoms with Crippen LogP contribution in [0, 0.1) is 0 Å². The minimum Gasteiger partial charge on any atom is -0.384 e. The molecule has 0 aromatic heterocycles. The van der Waals surface area contributed by atoms with Crippen LogP contribution in [0.25, 0.3) is 11.1 Å². The van der Waals surface area contributed by atoms with Crippen molar-refractivity contribution in [1.82, 2.24) is 4.90 Å². The van der Waals surface area contributed by atoms with Crippen LogP contribution < -0.4 is 0 Å². The Morgan fingerprint density at radius 1 is 1.05 bits per heavy atom. The van der Waals surface area contributed by atoms with Gasteiger partial charge in [-0.1, -0.05) is 48.5 Å². The quantitative estimate of drug-likeness (QED) is 0.861. The molecular formula is C18H19NO2. The normalized spacial score (nSPS) is 12.9. The van der Waals surface area contributed by atoms with Crippen molar-refractivity contribution in [1.29, 1.82) is 0 Å². The zero-order valence-electron chi connectivity index (χ0n) is 12.4. The maximum absolute atomic E-state index is 12.4. The molecule has 0 atom stereocenters. The predicted octanol–water partition coefficient (Wildman–Crippen LogP) is 3.25. The topological polar surface area (TPSA) is 29.5 Å². The monoisotopic (exact) mass is 281 g/mol. The van der Waals surface area contributed by atoms with E-state index in [2.05, 4.69) is 24.3 Å². The summed E-state index contributed by atoms with van der Waals surface area (Å²) in [5.41, 5.74) is 4.85. The van der Waals surface area contributed by atoms with Crippen LogP contribution in [-0.2, 0) is 9.53 Å². The van der Waals surface area contributed by atoms with Crippen LogP contribution in [0.15, 0.2) is 48.5 Å². The van der Waals surface area contributed by atoms with Gasteiger partial charge in [0.15, 0.2) is 0 Å². The molecule has 2 aromatic rings. The standard InChI is InChI=1S/C18H19NO2/c1-19(17(20)11-12-21-2)18-15-9-5-3-7-13(15)14-8-4-6-10-16(14)18/h3-10,18H,11-12H2,1-2H3. The highest BCUT2D eigenvalue weighted by Crippen LogP contribution is 2.45. The molecule has 1 aliphatic carbocycles. The van der Waals surface area contributed by atoms with Crippen molar-refractivity contribution in [2.45, 2.75) is 12.5 Å². The number of carbonyl (C=O) groups excluding carboxylic acids is 1. The molecule has 1 aliphatic rings. The van der Waals surface area contributed by atoms with Crippen molar-refractivity contribution in [3.8, 4) is 11.1 Å². The van der Waals surface area contributed by atoms with Gasteiger partial charge < -0.3 is 9.64 Å². The van der Waals surface area contributed by atoms with Crippen LogP contribution in [0.2, 0.25) is 0 Å². The van der Waals surface area contributed by atoms with E-state index in [1.807, 2.05) is 36.2 Å². The Morgan fingerprint density at radius 3 is 2.10 bits per heavy atom. The van der Waals surface area contributed by atoms with E-state index in [-0.39, 0.29) is 11.9 Å². The number of methoxy groups -OCH3 is 1. The molecule has 0 radical (unpaired) electrons. The Morgan fingerprint density at radius 2 is 1.57 bits per heavy atom. The third-order valence-corrected chi connectivity index (χ3v) is 4.10. The number of rotatable bonds is 4. The maximum Gasteiger partial charge on any atom is 0.225 e. The van der Waals surface area contributed by atoms with E-state index in [1.165, 1.54) is 22.3 Å². The van der Waals surface area contributed by atoms with E-state index >= 15 is 0 Å². The molecule has 108 valence electrons. The molecule has 21 heavy (non-hydrogen) atoms. The molecule has 1 amide bonds. The highest BCUT2D eigenvalue weighted by atomic mass is 16.5. The smallest absolute Gasteiger partial charge is 0.225 e. The average molecular weight is 281 g/mol. The van der Waals surface area contributed by atoms with Crippen LogP contribution in [-0.4, -0.2) is 31.6 Å². The maximum atomic E-state index is 12.4. The summed E-state index contributed by atoms with van der Waals surface area (Å²) in [4.78, 5) is 14.2. The molecule has 3 nitrogen and oxygen atoms in total. The first kappa shape index (κ1) is 13.8. The molecule has 0 heterocycles. The predicted molar refractivity (Wildman–Crippen MR) is 83.0 cm³/mol. The minimum atomic E-state index is 0.00163. The summed E-state index contributed by atoms with van der Waals surface area (Å²) in [6.07, 6.45) is 0.411. The molecule has 0 aliphatic heterocycles. The lowest BCUT2D eigenvalue weighted by Gasteiger charge is -2.26. The molecule has 3 heteroatoms. The highest BCUT2D eigenvalue weighted by Gasteiger charge is 2.32. The Kier molecular flexibility index (Phi) is 3.76. The number of fused-ring (bicyclic) bond motifs is 3. The van der Waals surface area contributed by atoms with Gasteiger partial charge in [0.05, 0.1) is 19.1 Å². The molecule has 0 saturated heterocycles. The molecule has 0 bridgehead atoms. The molecule has 0 N–H and O–H groups in total. The van der Waals surface area contributed by atoms with Gasteiger partial charge in [0.2, 0.25) is 5.91 Å². The third kappa shape index (κ3) is 2.34. The highest BCUT2D eigenvalue weighted by molar-refractivity contribution is 5.83. The van der Waals surface area contributed by atoms with Gasteiger partial charge in [-0.15, -0.1) is 0 Å². The van der Waals surface area contributed by atoms with E-state index in [0.717, 1.165) is 0 Å². The first-order valence-corrected chi connectivity index (χ1v) is 7.17. The largest absolute Gasteiger partial charge is 0.384 e. The van der Waals surface area contributed by atoms with Crippen molar-refractivity contribution in [3.63, 3.8) is 0 Å². The van der Waals surface area contributed by atoms with E-state index in [0.29, 0.717) is 13.0 Å². The van der Waals surface area contributed by atoms with Crippen molar-refractivity contribution in [2.24, 2.45) is 0 Å². The van der Waals surface area contributed by atoms with Crippen molar-refractivity contribution in [2.75, 3.05) is 20.8 Å². The van der Waals surface area contributed by atoms with Crippen molar-refractivity contribution < 1.29 is 9.53 Å². The van der Waals surface area contributed by atoms with Gasteiger partial charge in [-0.05, 0) is 22.3 Å². The Balaban J connectivity index is 2.00. The second-order valence-electron chi connectivity index (χ2n) is 5.32. The second-order valence-corrected chi connectivity index (χ2v) is 5.32. The van der Waals surface area contributed by atoms with E-state index in [1.54, 1.807) is 7.11 Å². The molecule has 2 aromatic carbocycles. The Hall–Kier alpha value is -2.13. The van der Waals surface area contributed by atoms with Crippen molar-refractivity contribution in [3.05, 3.63) is 59.7 Å². The lowest BCUT2D eigenvalue weighted by Crippen LogP contribution is -2.31. The summed E-state index contributed by atoms with van der Waals surface area (Å²) < 4.78 is 5.02. The van der Waals surface area contributed by atoms with Gasteiger partial charge in [0.25, 0.3) is 0 Å². The average Bonchev–Trinajstić information content (AvgIpc) is 2.86. The van der Waals surface area contributed by atoms with Gasteiger partial charge in [-0.3, -0.25) is 4.79 Å². The van der Waals surface area contributed by atoms with E-state index in [4.69, 9.17) is 4.74 Å². The third-order valence-electron chi connectivity index (χ3n) is 4.10. The first-order valence-electron chi connectivity index (χ1n) is 7.17. The summed E-state index contributed by atoms with van der Waals surface area (Å²) in [6, 6.07) is 16.6. The van der Waals surface area contributed by atoms with Crippen LogP contribution >= 0.6 is 0 Å². The Labute approximate surface area is 125 Å². The number of hydrogen-bond donors (Lipinski definition) is 0. The molecular weight excluding hydrogens is 262 g/mol. The molecule has 0 spiro atoms. The molecule has 0 unspecified atom stereocenters. The summed E-state index contributed by atoms with van der Waals surface area (Å²) in [7, 11) is 3.50. The summed E-state index contributed by atoms with van der Waals surface area (Å²) in [6.45, 7) is 0.458.